The lowest BCUT2D eigenvalue weighted by Gasteiger charge is -2.41. The largest absolute Gasteiger partial charge is 0.462 e. The van der Waals surface area contributed by atoms with Crippen LogP contribution in [0.1, 0.15) is 37.3 Å². The van der Waals surface area contributed by atoms with Crippen LogP contribution in [0.15, 0.2) is 35.6 Å². The SMILES string of the molecule is C=C1CC(C)C(c2ccc3c(c2)COC2(CCNCC2)O3)=NN1. The third kappa shape index (κ3) is 2.75. The first-order valence-corrected chi connectivity index (χ1v) is 8.34. The molecule has 0 aromatic heterocycles. The van der Waals surface area contributed by atoms with Gasteiger partial charge in [0.1, 0.15) is 5.75 Å². The Bertz CT molecular complexity index is 662. The molecule has 1 aromatic rings. The van der Waals surface area contributed by atoms with E-state index in [0.717, 1.165) is 60.6 Å². The first kappa shape index (κ1) is 14.7. The Morgan fingerprint density at radius 3 is 2.91 bits per heavy atom. The molecular weight excluding hydrogens is 290 g/mol. The number of nitrogens with one attached hydrogen (secondary N) is 2. The maximum atomic E-state index is 6.21. The summed E-state index contributed by atoms with van der Waals surface area (Å²) in [6, 6.07) is 6.31. The number of benzene rings is 1. The van der Waals surface area contributed by atoms with Crippen LogP contribution in [0.5, 0.6) is 5.75 Å². The van der Waals surface area contributed by atoms with Crippen LogP contribution in [0.2, 0.25) is 0 Å². The molecule has 3 heterocycles. The van der Waals surface area contributed by atoms with E-state index in [4.69, 9.17) is 9.47 Å². The predicted molar refractivity (Wildman–Crippen MR) is 89.3 cm³/mol. The van der Waals surface area contributed by atoms with Crippen LogP contribution in [0.25, 0.3) is 0 Å². The predicted octanol–water partition coefficient (Wildman–Crippen LogP) is 2.52. The van der Waals surface area contributed by atoms with E-state index in [0.29, 0.717) is 12.5 Å². The standard InChI is InChI=1S/C18H23N3O2/c1-12-9-13(2)20-21-17(12)14-3-4-16-15(10-14)11-22-18(23-16)5-7-19-8-6-18/h3-4,10,12,19-20H,2,5-9,11H2,1H3. The molecule has 0 bridgehead atoms. The second-order valence-electron chi connectivity index (χ2n) is 6.69. The summed E-state index contributed by atoms with van der Waals surface area (Å²) in [5.74, 6) is 0.876. The number of allylic oxidation sites excluding steroid dienone is 1. The van der Waals surface area contributed by atoms with Crippen molar-refractivity contribution >= 4 is 5.71 Å². The lowest BCUT2D eigenvalue weighted by atomic mass is 9.92. The maximum absolute atomic E-state index is 6.21. The fourth-order valence-corrected chi connectivity index (χ4v) is 3.55. The van der Waals surface area contributed by atoms with Crippen molar-refractivity contribution in [3.8, 4) is 5.75 Å². The first-order chi connectivity index (χ1) is 11.2. The number of nitrogens with zero attached hydrogens (tertiary/aromatic N) is 1. The number of hydrogen-bond acceptors (Lipinski definition) is 5. The van der Waals surface area contributed by atoms with E-state index in [9.17, 15) is 0 Å². The molecule has 122 valence electrons. The molecule has 5 heteroatoms. The van der Waals surface area contributed by atoms with Gasteiger partial charge in [0, 0.05) is 43.1 Å². The monoisotopic (exact) mass is 313 g/mol. The Morgan fingerprint density at radius 2 is 2.13 bits per heavy atom. The van der Waals surface area contributed by atoms with Crippen molar-refractivity contribution in [2.24, 2.45) is 11.0 Å². The average Bonchev–Trinajstić information content (AvgIpc) is 2.55. The van der Waals surface area contributed by atoms with Crippen molar-refractivity contribution in [3.05, 3.63) is 41.6 Å². The van der Waals surface area contributed by atoms with Crippen LogP contribution in [0, 0.1) is 5.92 Å². The van der Waals surface area contributed by atoms with Crippen molar-refractivity contribution in [3.63, 3.8) is 0 Å². The topological polar surface area (TPSA) is 54.9 Å². The second-order valence-corrected chi connectivity index (χ2v) is 6.69. The fraction of sp³-hybridized carbons (Fsp3) is 0.500. The van der Waals surface area contributed by atoms with Gasteiger partial charge in [-0.25, -0.2) is 0 Å². The quantitative estimate of drug-likeness (QED) is 0.836. The van der Waals surface area contributed by atoms with E-state index >= 15 is 0 Å². The van der Waals surface area contributed by atoms with Gasteiger partial charge in [0.15, 0.2) is 0 Å². The molecule has 23 heavy (non-hydrogen) atoms. The zero-order chi connectivity index (χ0) is 15.9. The molecule has 1 fully saturated rings. The summed E-state index contributed by atoms with van der Waals surface area (Å²) in [4.78, 5) is 0. The molecular formula is C18H23N3O2. The van der Waals surface area contributed by atoms with E-state index in [-0.39, 0.29) is 0 Å². The van der Waals surface area contributed by atoms with Gasteiger partial charge >= 0.3 is 0 Å². The minimum Gasteiger partial charge on any atom is -0.462 e. The van der Waals surface area contributed by atoms with Crippen LogP contribution in [0.3, 0.4) is 0 Å². The lowest BCUT2D eigenvalue weighted by Crippen LogP contribution is -2.49. The zero-order valence-corrected chi connectivity index (χ0v) is 13.5. The summed E-state index contributed by atoms with van der Waals surface area (Å²) in [5.41, 5.74) is 7.29. The third-order valence-electron chi connectivity index (χ3n) is 4.86. The van der Waals surface area contributed by atoms with Gasteiger partial charge < -0.3 is 14.8 Å². The lowest BCUT2D eigenvalue weighted by molar-refractivity contribution is -0.218. The van der Waals surface area contributed by atoms with Crippen LogP contribution < -0.4 is 15.5 Å². The molecule has 1 spiro atoms. The average molecular weight is 313 g/mol. The Kier molecular flexibility index (Phi) is 3.62. The first-order valence-electron chi connectivity index (χ1n) is 8.34. The highest BCUT2D eigenvalue weighted by molar-refractivity contribution is 6.02. The molecule has 1 unspecified atom stereocenters. The summed E-state index contributed by atoms with van der Waals surface area (Å²) in [6.45, 7) is 8.62. The normalized spacial score (nSPS) is 26.0. The highest BCUT2D eigenvalue weighted by atomic mass is 16.7. The minimum absolute atomic E-state index is 0.364. The maximum Gasteiger partial charge on any atom is 0.213 e. The van der Waals surface area contributed by atoms with Gasteiger partial charge in [-0.3, -0.25) is 5.43 Å². The second kappa shape index (κ2) is 5.65. The molecule has 0 saturated carbocycles. The number of ether oxygens (including phenoxy) is 2. The van der Waals surface area contributed by atoms with E-state index in [1.165, 1.54) is 0 Å². The summed E-state index contributed by atoms with van der Waals surface area (Å²) in [7, 11) is 0. The molecule has 3 aliphatic heterocycles. The third-order valence-corrected chi connectivity index (χ3v) is 4.86. The molecule has 2 N–H and O–H groups in total. The summed E-state index contributed by atoms with van der Waals surface area (Å²) in [5, 5.41) is 7.82. The molecule has 0 radical (unpaired) electrons. The smallest absolute Gasteiger partial charge is 0.213 e. The summed E-state index contributed by atoms with van der Waals surface area (Å²) in [6.07, 6.45) is 2.70. The van der Waals surface area contributed by atoms with E-state index < -0.39 is 5.79 Å². The van der Waals surface area contributed by atoms with Gasteiger partial charge in [-0.05, 0) is 30.2 Å². The van der Waals surface area contributed by atoms with Gasteiger partial charge in [-0.2, -0.15) is 5.10 Å². The van der Waals surface area contributed by atoms with E-state index in [2.05, 4.69) is 47.5 Å². The van der Waals surface area contributed by atoms with Gasteiger partial charge in [0.2, 0.25) is 5.79 Å². The van der Waals surface area contributed by atoms with Crippen LogP contribution in [0.4, 0.5) is 0 Å². The van der Waals surface area contributed by atoms with Crippen molar-refractivity contribution in [2.45, 2.75) is 38.6 Å². The molecule has 1 aromatic carbocycles. The Morgan fingerprint density at radius 1 is 1.30 bits per heavy atom. The molecule has 1 saturated heterocycles. The highest BCUT2D eigenvalue weighted by Gasteiger charge is 2.39. The van der Waals surface area contributed by atoms with Crippen molar-refractivity contribution in [1.29, 1.82) is 0 Å². The van der Waals surface area contributed by atoms with Crippen LogP contribution in [-0.2, 0) is 11.3 Å². The molecule has 0 amide bonds. The Hall–Kier alpha value is -1.85. The van der Waals surface area contributed by atoms with Gasteiger partial charge in [0.05, 0.1) is 12.3 Å². The summed E-state index contributed by atoms with van der Waals surface area (Å²) < 4.78 is 12.3. The van der Waals surface area contributed by atoms with Crippen molar-refractivity contribution < 1.29 is 9.47 Å². The highest BCUT2D eigenvalue weighted by Crippen LogP contribution is 2.37. The molecule has 3 aliphatic rings. The molecule has 5 nitrogen and oxygen atoms in total. The van der Waals surface area contributed by atoms with Crippen LogP contribution in [-0.4, -0.2) is 24.6 Å². The zero-order valence-electron chi connectivity index (χ0n) is 13.5. The molecule has 4 rings (SSSR count). The number of hydrogen-bond donors (Lipinski definition) is 2. The fourth-order valence-electron chi connectivity index (χ4n) is 3.55. The molecule has 0 aliphatic carbocycles. The minimum atomic E-state index is -0.436. The number of rotatable bonds is 1. The van der Waals surface area contributed by atoms with Crippen molar-refractivity contribution in [2.75, 3.05) is 13.1 Å². The Labute approximate surface area is 136 Å². The Balaban J connectivity index is 1.59. The van der Waals surface area contributed by atoms with E-state index in [1.807, 2.05) is 0 Å². The van der Waals surface area contributed by atoms with Crippen LogP contribution >= 0.6 is 0 Å². The van der Waals surface area contributed by atoms with Crippen molar-refractivity contribution in [1.82, 2.24) is 10.7 Å². The molecule has 1 atom stereocenters. The summed E-state index contributed by atoms with van der Waals surface area (Å²) >= 11 is 0. The number of piperidine rings is 1. The van der Waals surface area contributed by atoms with Gasteiger partial charge in [-0.1, -0.05) is 13.5 Å². The van der Waals surface area contributed by atoms with E-state index in [1.54, 1.807) is 0 Å². The van der Waals surface area contributed by atoms with Gasteiger partial charge in [0.25, 0.3) is 0 Å². The number of fused-ring (bicyclic) bond motifs is 1. The number of hydrazone groups is 1. The van der Waals surface area contributed by atoms with Gasteiger partial charge in [-0.15, -0.1) is 0 Å².